The van der Waals surface area contributed by atoms with Crippen LogP contribution in [0.2, 0.25) is 0 Å². The van der Waals surface area contributed by atoms with Crippen LogP contribution in [0.15, 0.2) is 24.5 Å². The van der Waals surface area contributed by atoms with E-state index in [4.69, 9.17) is 10.5 Å². The highest BCUT2D eigenvalue weighted by molar-refractivity contribution is 5.42. The second-order valence-corrected chi connectivity index (χ2v) is 3.62. The van der Waals surface area contributed by atoms with E-state index in [0.717, 1.165) is 11.3 Å². The third-order valence-corrected chi connectivity index (χ3v) is 2.16. The highest BCUT2D eigenvalue weighted by atomic mass is 16.5. The number of ether oxygens (including phenoxy) is 1. The average Bonchev–Trinajstić information content (AvgIpc) is 2.35. The highest BCUT2D eigenvalue weighted by Crippen LogP contribution is 2.09. The van der Waals surface area contributed by atoms with E-state index in [0.29, 0.717) is 11.4 Å². The zero-order valence-electron chi connectivity index (χ0n) is 10.1. The lowest BCUT2D eigenvalue weighted by atomic mass is 10.2. The number of hydrogen-bond acceptors (Lipinski definition) is 5. The molecule has 2 heterocycles. The van der Waals surface area contributed by atoms with Gasteiger partial charge >= 0.3 is 0 Å². The molecule has 0 fully saturated rings. The van der Waals surface area contributed by atoms with E-state index in [-0.39, 0.29) is 5.95 Å². The van der Waals surface area contributed by atoms with E-state index in [2.05, 4.69) is 26.8 Å². The van der Waals surface area contributed by atoms with Gasteiger partial charge in [-0.15, -0.1) is 0 Å². The molecule has 5 heteroatoms. The molecule has 2 rings (SSSR count). The van der Waals surface area contributed by atoms with Crippen LogP contribution < -0.4 is 10.5 Å². The van der Waals surface area contributed by atoms with Gasteiger partial charge in [-0.3, -0.25) is 4.98 Å². The maximum absolute atomic E-state index is 5.55. The summed E-state index contributed by atoms with van der Waals surface area (Å²) in [5, 5.41) is 0. The van der Waals surface area contributed by atoms with Gasteiger partial charge in [-0.05, 0) is 25.0 Å². The predicted molar refractivity (Wildman–Crippen MR) is 68.0 cm³/mol. The summed E-state index contributed by atoms with van der Waals surface area (Å²) in [5.74, 6) is 6.76. The van der Waals surface area contributed by atoms with Gasteiger partial charge in [0.1, 0.15) is 11.4 Å². The van der Waals surface area contributed by atoms with E-state index >= 15 is 0 Å². The van der Waals surface area contributed by atoms with Crippen molar-refractivity contribution < 1.29 is 4.74 Å². The number of nitrogen functional groups attached to an aromatic ring is 1. The Kier molecular flexibility index (Phi) is 3.39. The largest absolute Gasteiger partial charge is 0.495 e. The van der Waals surface area contributed by atoms with Crippen molar-refractivity contribution in [3.05, 3.63) is 41.5 Å². The predicted octanol–water partition coefficient (Wildman–Crippen LogP) is 1.17. The van der Waals surface area contributed by atoms with E-state index in [9.17, 15) is 0 Å². The molecule has 0 bridgehead atoms. The van der Waals surface area contributed by atoms with Gasteiger partial charge in [-0.25, -0.2) is 9.97 Å². The van der Waals surface area contributed by atoms with Gasteiger partial charge in [0.15, 0.2) is 0 Å². The van der Waals surface area contributed by atoms with Crippen LogP contribution in [0.3, 0.4) is 0 Å². The number of nitrogens with zero attached hydrogens (tertiary/aromatic N) is 3. The van der Waals surface area contributed by atoms with Gasteiger partial charge in [-0.2, -0.15) is 0 Å². The van der Waals surface area contributed by atoms with Gasteiger partial charge in [0.05, 0.1) is 13.3 Å². The summed E-state index contributed by atoms with van der Waals surface area (Å²) < 4.78 is 5.07. The smallest absolute Gasteiger partial charge is 0.221 e. The van der Waals surface area contributed by atoms with E-state index in [1.165, 1.54) is 0 Å². The molecule has 0 aliphatic heterocycles. The maximum atomic E-state index is 5.55. The van der Waals surface area contributed by atoms with Crippen LogP contribution in [0.4, 0.5) is 5.95 Å². The fraction of sp³-hybridized carbons (Fsp3) is 0.154. The first-order valence-electron chi connectivity index (χ1n) is 5.29. The minimum absolute atomic E-state index is 0.225. The molecule has 0 amide bonds. The minimum atomic E-state index is 0.225. The molecule has 0 aliphatic carbocycles. The topological polar surface area (TPSA) is 73.9 Å². The summed E-state index contributed by atoms with van der Waals surface area (Å²) in [6, 6.07) is 3.58. The van der Waals surface area contributed by atoms with Crippen molar-refractivity contribution in [3.8, 4) is 17.6 Å². The van der Waals surface area contributed by atoms with Crippen LogP contribution >= 0.6 is 0 Å². The van der Waals surface area contributed by atoms with Gasteiger partial charge in [-0.1, -0.05) is 5.92 Å². The molecule has 90 valence electrons. The molecule has 0 radical (unpaired) electrons. The first kappa shape index (κ1) is 11.9. The van der Waals surface area contributed by atoms with Crippen molar-refractivity contribution in [2.24, 2.45) is 0 Å². The van der Waals surface area contributed by atoms with Gasteiger partial charge in [0.25, 0.3) is 0 Å². The maximum Gasteiger partial charge on any atom is 0.221 e. The monoisotopic (exact) mass is 240 g/mol. The van der Waals surface area contributed by atoms with Crippen molar-refractivity contribution in [2.45, 2.75) is 6.92 Å². The molecule has 5 nitrogen and oxygen atoms in total. The minimum Gasteiger partial charge on any atom is -0.495 e. The Balaban J connectivity index is 2.30. The standard InChI is InChI=1S/C13H12N4O/c1-9-5-11(17-13(14)16-9)4-3-10-6-12(18-2)8-15-7-10/h5-8H,1-2H3,(H2,14,16,17). The van der Waals surface area contributed by atoms with Crippen molar-refractivity contribution in [1.82, 2.24) is 15.0 Å². The number of aryl methyl sites for hydroxylation is 1. The van der Waals surface area contributed by atoms with E-state index in [1.807, 2.05) is 6.92 Å². The number of rotatable bonds is 1. The fourth-order valence-corrected chi connectivity index (χ4v) is 1.39. The van der Waals surface area contributed by atoms with Gasteiger partial charge in [0.2, 0.25) is 5.95 Å². The molecule has 0 aromatic carbocycles. The second kappa shape index (κ2) is 5.15. The van der Waals surface area contributed by atoms with Crippen molar-refractivity contribution in [2.75, 3.05) is 12.8 Å². The second-order valence-electron chi connectivity index (χ2n) is 3.62. The molecule has 0 saturated carbocycles. The number of anilines is 1. The van der Waals surface area contributed by atoms with Crippen molar-refractivity contribution in [3.63, 3.8) is 0 Å². The summed E-state index contributed by atoms with van der Waals surface area (Å²) in [7, 11) is 1.59. The Bertz CT molecular complexity index is 608. The Labute approximate surface area is 105 Å². The molecule has 2 aromatic heterocycles. The van der Waals surface area contributed by atoms with Gasteiger partial charge < -0.3 is 10.5 Å². The zero-order valence-corrected chi connectivity index (χ0v) is 10.1. The van der Waals surface area contributed by atoms with Crippen LogP contribution in [0.5, 0.6) is 5.75 Å². The number of pyridine rings is 1. The number of aromatic nitrogens is 3. The molecule has 2 N–H and O–H groups in total. The summed E-state index contributed by atoms with van der Waals surface area (Å²) >= 11 is 0. The SMILES string of the molecule is COc1cncc(C#Cc2cc(C)nc(N)n2)c1. The lowest BCUT2D eigenvalue weighted by molar-refractivity contribution is 0.413. The molecule has 0 aliphatic rings. The lowest BCUT2D eigenvalue weighted by Crippen LogP contribution is -1.98. The molecule has 0 spiro atoms. The first-order valence-corrected chi connectivity index (χ1v) is 5.29. The Morgan fingerprint density at radius 2 is 2.00 bits per heavy atom. The van der Waals surface area contributed by atoms with Crippen LogP contribution in [0.1, 0.15) is 17.0 Å². The zero-order chi connectivity index (χ0) is 13.0. The third kappa shape index (κ3) is 2.95. The van der Waals surface area contributed by atoms with Crippen LogP contribution in [0.25, 0.3) is 0 Å². The molecular weight excluding hydrogens is 228 g/mol. The molecular formula is C13H12N4O. The number of nitrogens with two attached hydrogens (primary N) is 1. The molecule has 0 saturated heterocycles. The number of methoxy groups -OCH3 is 1. The average molecular weight is 240 g/mol. The summed E-state index contributed by atoms with van der Waals surface area (Å²) in [6.07, 6.45) is 3.28. The molecule has 18 heavy (non-hydrogen) atoms. The first-order chi connectivity index (χ1) is 8.67. The van der Waals surface area contributed by atoms with Crippen molar-refractivity contribution in [1.29, 1.82) is 0 Å². The van der Waals surface area contributed by atoms with Crippen molar-refractivity contribution >= 4 is 5.95 Å². The molecule has 0 atom stereocenters. The Morgan fingerprint density at radius 1 is 1.17 bits per heavy atom. The fourth-order valence-electron chi connectivity index (χ4n) is 1.39. The summed E-state index contributed by atoms with van der Waals surface area (Å²) in [6.45, 7) is 1.84. The Morgan fingerprint density at radius 3 is 2.72 bits per heavy atom. The third-order valence-electron chi connectivity index (χ3n) is 2.16. The van der Waals surface area contributed by atoms with Crippen LogP contribution in [0, 0.1) is 18.8 Å². The van der Waals surface area contributed by atoms with Crippen LogP contribution in [-0.2, 0) is 0 Å². The van der Waals surface area contributed by atoms with Crippen LogP contribution in [-0.4, -0.2) is 22.1 Å². The van der Waals surface area contributed by atoms with E-state index < -0.39 is 0 Å². The van der Waals surface area contributed by atoms with Gasteiger partial charge in [0, 0.05) is 17.5 Å². The Hall–Kier alpha value is -2.61. The quantitative estimate of drug-likeness (QED) is 0.757. The highest BCUT2D eigenvalue weighted by Gasteiger charge is 1.96. The lowest BCUT2D eigenvalue weighted by Gasteiger charge is -1.98. The normalized spacial score (nSPS) is 9.44. The van der Waals surface area contributed by atoms with E-state index in [1.54, 1.807) is 31.6 Å². The molecule has 2 aromatic rings. The number of hydrogen-bond donors (Lipinski definition) is 1. The summed E-state index contributed by atoms with van der Waals surface area (Å²) in [4.78, 5) is 12.0. The molecule has 0 unspecified atom stereocenters. The summed E-state index contributed by atoms with van der Waals surface area (Å²) in [5.41, 5.74) is 7.68.